The van der Waals surface area contributed by atoms with Crippen molar-refractivity contribution in [1.82, 2.24) is 5.32 Å². The smallest absolute Gasteiger partial charge is 0.347 e. The van der Waals surface area contributed by atoms with Crippen molar-refractivity contribution in [3.05, 3.63) is 59.0 Å². The zero-order valence-electron chi connectivity index (χ0n) is 15.8. The number of carboxylic acids is 1. The van der Waals surface area contributed by atoms with E-state index in [0.29, 0.717) is 17.2 Å². The second-order valence-corrected chi connectivity index (χ2v) is 7.84. The molecule has 3 rings (SSSR count). The van der Waals surface area contributed by atoms with Gasteiger partial charge in [0.2, 0.25) is 0 Å². The summed E-state index contributed by atoms with van der Waals surface area (Å²) in [7, 11) is 1.61. The Morgan fingerprint density at radius 3 is 2.39 bits per heavy atom. The third-order valence-electron chi connectivity index (χ3n) is 4.21. The maximum atomic E-state index is 12.4. The predicted molar refractivity (Wildman–Crippen MR) is 108 cm³/mol. The summed E-state index contributed by atoms with van der Waals surface area (Å²) in [6, 6.07) is 14.5. The van der Waals surface area contributed by atoms with Crippen molar-refractivity contribution in [3.8, 4) is 11.5 Å². The van der Waals surface area contributed by atoms with Crippen LogP contribution in [-0.2, 0) is 11.3 Å². The van der Waals surface area contributed by atoms with Gasteiger partial charge in [0.1, 0.15) is 11.5 Å². The number of ether oxygens (including phenoxy) is 2. The molecule has 0 unspecified atom stereocenters. The van der Waals surface area contributed by atoms with Gasteiger partial charge in [-0.2, -0.15) is 0 Å². The molecule has 0 aliphatic rings. The first-order valence-corrected chi connectivity index (χ1v) is 9.47. The molecule has 3 aromatic rings. The van der Waals surface area contributed by atoms with E-state index in [9.17, 15) is 9.59 Å². The number of nitrogens with one attached hydrogen (secondary N) is 1. The van der Waals surface area contributed by atoms with E-state index in [1.165, 1.54) is 25.2 Å². The van der Waals surface area contributed by atoms with Crippen LogP contribution in [0.15, 0.2) is 48.5 Å². The fourth-order valence-corrected chi connectivity index (χ4v) is 3.50. The Labute approximate surface area is 166 Å². The van der Waals surface area contributed by atoms with Crippen LogP contribution in [0.3, 0.4) is 0 Å². The molecule has 0 saturated heterocycles. The number of carbonyl (C=O) groups is 2. The number of benzene rings is 2. The van der Waals surface area contributed by atoms with Crippen LogP contribution in [0.4, 0.5) is 0 Å². The van der Waals surface area contributed by atoms with Crippen LogP contribution in [-0.4, -0.2) is 29.7 Å². The van der Waals surface area contributed by atoms with E-state index in [-0.39, 0.29) is 5.91 Å². The van der Waals surface area contributed by atoms with Crippen LogP contribution >= 0.6 is 11.3 Å². The number of fused-ring (bicyclic) bond motifs is 1. The lowest BCUT2D eigenvalue weighted by molar-refractivity contribution is -0.152. The first kappa shape index (κ1) is 19.7. The molecule has 2 aromatic carbocycles. The average molecular weight is 399 g/mol. The summed E-state index contributed by atoms with van der Waals surface area (Å²) in [6.45, 7) is 3.34. The van der Waals surface area contributed by atoms with Crippen molar-refractivity contribution in [1.29, 1.82) is 0 Å². The summed E-state index contributed by atoms with van der Waals surface area (Å²) in [5.41, 5.74) is -0.420. The van der Waals surface area contributed by atoms with Gasteiger partial charge in [-0.05, 0) is 61.2 Å². The molecule has 146 valence electrons. The first-order valence-electron chi connectivity index (χ1n) is 8.65. The Kier molecular flexibility index (Phi) is 5.56. The van der Waals surface area contributed by atoms with E-state index < -0.39 is 11.6 Å². The highest BCUT2D eigenvalue weighted by Crippen LogP contribution is 2.29. The van der Waals surface area contributed by atoms with E-state index in [4.69, 9.17) is 14.6 Å². The SMILES string of the molecule is COc1ccc2sc(C(=O)NCc3ccc(OC(C)(C)C(=O)O)cc3)cc2c1. The topological polar surface area (TPSA) is 84.9 Å². The van der Waals surface area contributed by atoms with Crippen LogP contribution in [0.1, 0.15) is 29.1 Å². The van der Waals surface area contributed by atoms with E-state index in [2.05, 4.69) is 5.32 Å². The zero-order chi connectivity index (χ0) is 20.3. The van der Waals surface area contributed by atoms with Gasteiger partial charge in [0.25, 0.3) is 5.91 Å². The maximum Gasteiger partial charge on any atom is 0.347 e. The summed E-state index contributed by atoms with van der Waals surface area (Å²) in [6.07, 6.45) is 0. The molecule has 7 heteroatoms. The summed E-state index contributed by atoms with van der Waals surface area (Å²) < 4.78 is 11.7. The lowest BCUT2D eigenvalue weighted by Gasteiger charge is -2.21. The van der Waals surface area contributed by atoms with Crippen LogP contribution in [0, 0.1) is 0 Å². The van der Waals surface area contributed by atoms with Gasteiger partial charge < -0.3 is 19.9 Å². The Morgan fingerprint density at radius 1 is 1.07 bits per heavy atom. The molecule has 0 spiro atoms. The number of thiophene rings is 1. The molecule has 28 heavy (non-hydrogen) atoms. The zero-order valence-corrected chi connectivity index (χ0v) is 16.6. The highest BCUT2D eigenvalue weighted by molar-refractivity contribution is 7.20. The quantitative estimate of drug-likeness (QED) is 0.625. The number of hydrogen-bond acceptors (Lipinski definition) is 5. The molecule has 0 bridgehead atoms. The van der Waals surface area contributed by atoms with Gasteiger partial charge in [-0.25, -0.2) is 4.79 Å². The number of aliphatic carboxylic acids is 1. The van der Waals surface area contributed by atoms with E-state index in [1.807, 2.05) is 24.3 Å². The minimum Gasteiger partial charge on any atom is -0.497 e. The van der Waals surface area contributed by atoms with Crippen LogP contribution in [0.2, 0.25) is 0 Å². The molecule has 1 amide bonds. The molecule has 0 saturated carbocycles. The number of amides is 1. The second-order valence-electron chi connectivity index (χ2n) is 6.76. The molecule has 2 N–H and O–H groups in total. The molecule has 1 heterocycles. The van der Waals surface area contributed by atoms with E-state index >= 15 is 0 Å². The Morgan fingerprint density at radius 2 is 1.75 bits per heavy atom. The standard InChI is InChI=1S/C21H21NO5S/c1-21(2,20(24)25)27-15-6-4-13(5-7-15)12-22-19(23)18-11-14-10-16(26-3)8-9-17(14)28-18/h4-11H,12H2,1-3H3,(H,22,23)(H,24,25). The minimum atomic E-state index is -1.31. The van der Waals surface area contributed by atoms with Gasteiger partial charge in [-0.3, -0.25) is 4.79 Å². The van der Waals surface area contributed by atoms with Crippen LogP contribution < -0.4 is 14.8 Å². The molecule has 0 radical (unpaired) electrons. The normalized spacial score (nSPS) is 11.2. The lowest BCUT2D eigenvalue weighted by atomic mass is 10.1. The first-order chi connectivity index (χ1) is 13.3. The van der Waals surface area contributed by atoms with Crippen LogP contribution in [0.5, 0.6) is 11.5 Å². The number of rotatable bonds is 7. The summed E-state index contributed by atoms with van der Waals surface area (Å²) in [4.78, 5) is 24.2. The van der Waals surface area contributed by atoms with Crippen molar-refractivity contribution in [2.45, 2.75) is 26.0 Å². The number of carboxylic acid groups (broad SMARTS) is 1. The predicted octanol–water partition coefficient (Wildman–Crippen LogP) is 4.08. The van der Waals surface area contributed by atoms with Crippen molar-refractivity contribution in [3.63, 3.8) is 0 Å². The molecular formula is C21H21NO5S. The molecule has 0 atom stereocenters. The van der Waals surface area contributed by atoms with Crippen molar-refractivity contribution in [2.75, 3.05) is 7.11 Å². The Hall–Kier alpha value is -3.06. The lowest BCUT2D eigenvalue weighted by Crippen LogP contribution is -2.37. The molecule has 0 aliphatic carbocycles. The number of carbonyl (C=O) groups excluding carboxylic acids is 1. The van der Waals surface area contributed by atoms with E-state index in [1.54, 1.807) is 31.4 Å². The highest BCUT2D eigenvalue weighted by atomic mass is 32.1. The van der Waals surface area contributed by atoms with Gasteiger partial charge in [-0.1, -0.05) is 12.1 Å². The molecule has 1 aromatic heterocycles. The van der Waals surface area contributed by atoms with Gasteiger partial charge >= 0.3 is 5.97 Å². The highest BCUT2D eigenvalue weighted by Gasteiger charge is 2.29. The van der Waals surface area contributed by atoms with E-state index in [0.717, 1.165) is 21.4 Å². The molecular weight excluding hydrogens is 378 g/mol. The summed E-state index contributed by atoms with van der Waals surface area (Å²) in [5.74, 6) is 0.0314. The van der Waals surface area contributed by atoms with Crippen LogP contribution in [0.25, 0.3) is 10.1 Å². The molecule has 0 fully saturated rings. The fourth-order valence-electron chi connectivity index (χ4n) is 2.54. The number of methoxy groups -OCH3 is 1. The third kappa shape index (κ3) is 4.43. The van der Waals surface area contributed by atoms with Crippen molar-refractivity contribution >= 4 is 33.3 Å². The van der Waals surface area contributed by atoms with Gasteiger partial charge in [0, 0.05) is 11.2 Å². The fraction of sp³-hybridized carbons (Fsp3) is 0.238. The Balaban J connectivity index is 1.62. The third-order valence-corrected chi connectivity index (χ3v) is 5.33. The van der Waals surface area contributed by atoms with Crippen molar-refractivity contribution < 1.29 is 24.2 Å². The van der Waals surface area contributed by atoms with Gasteiger partial charge in [0.15, 0.2) is 5.60 Å². The van der Waals surface area contributed by atoms with Gasteiger partial charge in [0.05, 0.1) is 12.0 Å². The second kappa shape index (κ2) is 7.90. The monoisotopic (exact) mass is 399 g/mol. The molecule has 0 aliphatic heterocycles. The summed E-state index contributed by atoms with van der Waals surface area (Å²) in [5, 5.41) is 13.0. The largest absolute Gasteiger partial charge is 0.497 e. The van der Waals surface area contributed by atoms with Crippen molar-refractivity contribution in [2.24, 2.45) is 0 Å². The summed E-state index contributed by atoms with van der Waals surface area (Å²) >= 11 is 1.43. The van der Waals surface area contributed by atoms with Gasteiger partial charge in [-0.15, -0.1) is 11.3 Å². The minimum absolute atomic E-state index is 0.146. The maximum absolute atomic E-state index is 12.4. The molecule has 6 nitrogen and oxygen atoms in total. The Bertz CT molecular complexity index is 1010. The number of hydrogen-bond donors (Lipinski definition) is 2. The average Bonchev–Trinajstić information content (AvgIpc) is 3.10.